The van der Waals surface area contributed by atoms with E-state index in [4.69, 9.17) is 11.6 Å². The third kappa shape index (κ3) is 3.54. The average molecular weight is 423 g/mol. The van der Waals surface area contributed by atoms with Crippen LogP contribution in [0, 0.1) is 25.7 Å². The second kappa shape index (κ2) is 7.92. The van der Waals surface area contributed by atoms with Gasteiger partial charge in [-0.3, -0.25) is 9.59 Å². The molecule has 0 aromatic heterocycles. The summed E-state index contributed by atoms with van der Waals surface area (Å²) in [5.41, 5.74) is 4.17. The summed E-state index contributed by atoms with van der Waals surface area (Å²) in [7, 11) is 0. The number of halogens is 1. The Balaban J connectivity index is 1.86. The van der Waals surface area contributed by atoms with Crippen LogP contribution in [0.4, 0.5) is 5.69 Å². The summed E-state index contributed by atoms with van der Waals surface area (Å²) in [5.74, 6) is 0.382. The van der Waals surface area contributed by atoms with Gasteiger partial charge in [-0.15, -0.1) is 0 Å². The zero-order valence-electron chi connectivity index (χ0n) is 17.9. The molecule has 2 aliphatic rings. The molecule has 5 heteroatoms. The molecular weight excluding hydrogens is 396 g/mol. The lowest BCUT2D eigenvalue weighted by Gasteiger charge is -2.37. The van der Waals surface area contributed by atoms with E-state index in [0.717, 1.165) is 36.2 Å². The summed E-state index contributed by atoms with van der Waals surface area (Å²) >= 11 is 6.31. The number of benzene rings is 2. The van der Waals surface area contributed by atoms with Gasteiger partial charge in [0.05, 0.1) is 11.3 Å². The molecule has 0 bridgehead atoms. The zero-order chi connectivity index (χ0) is 21.6. The number of aryl methyl sites for hydroxylation is 1. The second-order valence-corrected chi connectivity index (χ2v) is 9.18. The van der Waals surface area contributed by atoms with Crippen molar-refractivity contribution in [1.82, 2.24) is 4.90 Å². The molecule has 2 aromatic carbocycles. The van der Waals surface area contributed by atoms with Crippen LogP contribution in [0.2, 0.25) is 5.02 Å². The number of amides is 2. The van der Waals surface area contributed by atoms with E-state index in [0.29, 0.717) is 33.8 Å². The van der Waals surface area contributed by atoms with E-state index < -0.39 is 0 Å². The van der Waals surface area contributed by atoms with E-state index in [-0.39, 0.29) is 11.8 Å². The molecule has 0 N–H and O–H groups in total. The fourth-order valence-electron chi connectivity index (χ4n) is 4.69. The molecule has 1 saturated heterocycles. The van der Waals surface area contributed by atoms with Crippen molar-refractivity contribution in [1.29, 1.82) is 0 Å². The van der Waals surface area contributed by atoms with Crippen LogP contribution in [0.25, 0.3) is 5.57 Å². The number of imide groups is 1. The van der Waals surface area contributed by atoms with Gasteiger partial charge in [-0.05, 0) is 55.4 Å². The van der Waals surface area contributed by atoms with Gasteiger partial charge in [0, 0.05) is 18.1 Å². The van der Waals surface area contributed by atoms with Gasteiger partial charge in [0.1, 0.15) is 5.70 Å². The van der Waals surface area contributed by atoms with Gasteiger partial charge in [0.2, 0.25) is 0 Å². The number of carbonyl (C=O) groups excluding carboxylic acids is 2. The molecule has 4 rings (SSSR count). The average Bonchev–Trinajstić information content (AvgIpc) is 2.94. The van der Waals surface area contributed by atoms with Crippen LogP contribution in [0.3, 0.4) is 0 Å². The quantitative estimate of drug-likeness (QED) is 0.637. The van der Waals surface area contributed by atoms with Gasteiger partial charge in [-0.2, -0.15) is 0 Å². The zero-order valence-corrected chi connectivity index (χ0v) is 18.7. The molecule has 2 aliphatic heterocycles. The summed E-state index contributed by atoms with van der Waals surface area (Å²) in [6, 6.07) is 13.2. The molecule has 1 fully saturated rings. The third-order valence-corrected chi connectivity index (χ3v) is 6.47. The number of carbonyl (C=O) groups is 2. The predicted octanol–water partition coefficient (Wildman–Crippen LogP) is 5.22. The van der Waals surface area contributed by atoms with Gasteiger partial charge >= 0.3 is 0 Å². The highest BCUT2D eigenvalue weighted by Gasteiger charge is 2.44. The van der Waals surface area contributed by atoms with Crippen molar-refractivity contribution in [3.05, 3.63) is 69.9 Å². The van der Waals surface area contributed by atoms with Crippen LogP contribution in [0.5, 0.6) is 0 Å². The molecule has 2 unspecified atom stereocenters. The molecule has 156 valence electrons. The Labute approximate surface area is 183 Å². The van der Waals surface area contributed by atoms with Gasteiger partial charge < -0.3 is 4.90 Å². The first-order valence-electron chi connectivity index (χ1n) is 10.5. The Morgan fingerprint density at radius 3 is 2.17 bits per heavy atom. The smallest absolute Gasteiger partial charge is 0.282 e. The van der Waals surface area contributed by atoms with Crippen LogP contribution in [-0.2, 0) is 9.59 Å². The molecule has 4 nitrogen and oxygen atoms in total. The van der Waals surface area contributed by atoms with E-state index in [9.17, 15) is 9.59 Å². The molecule has 0 aliphatic carbocycles. The van der Waals surface area contributed by atoms with Crippen molar-refractivity contribution in [3.8, 4) is 0 Å². The molecule has 0 saturated carbocycles. The van der Waals surface area contributed by atoms with Crippen LogP contribution < -0.4 is 4.90 Å². The largest absolute Gasteiger partial charge is 0.366 e. The highest BCUT2D eigenvalue weighted by atomic mass is 35.5. The molecule has 2 atom stereocenters. The molecule has 2 aromatic rings. The second-order valence-electron chi connectivity index (χ2n) is 8.77. The van der Waals surface area contributed by atoms with E-state index in [2.05, 4.69) is 18.7 Å². The lowest BCUT2D eigenvalue weighted by molar-refractivity contribution is -0.120. The van der Waals surface area contributed by atoms with Crippen LogP contribution in [-0.4, -0.2) is 29.8 Å². The van der Waals surface area contributed by atoms with Gasteiger partial charge in [0.15, 0.2) is 0 Å². The molecule has 2 amide bonds. The first kappa shape index (κ1) is 20.7. The minimum atomic E-state index is -0.282. The topological polar surface area (TPSA) is 40.6 Å². The molecule has 2 heterocycles. The van der Waals surface area contributed by atoms with Crippen molar-refractivity contribution in [2.45, 2.75) is 34.1 Å². The predicted molar refractivity (Wildman–Crippen MR) is 121 cm³/mol. The van der Waals surface area contributed by atoms with Crippen LogP contribution in [0.1, 0.15) is 37.0 Å². The van der Waals surface area contributed by atoms with E-state index >= 15 is 0 Å². The lowest BCUT2D eigenvalue weighted by atomic mass is 9.91. The maximum atomic E-state index is 13.7. The standard InChI is InChI=1S/C25H27ClN2O2/c1-15-8-10-19(11-9-15)22-23(27-13-16(2)12-17(3)14-27)25(30)28(24(22)29)21-7-5-6-20(26)18(21)4/h5-11,16-17H,12-14H2,1-4H3. The third-order valence-electron chi connectivity index (χ3n) is 6.06. The summed E-state index contributed by atoms with van der Waals surface area (Å²) in [6.45, 7) is 9.81. The number of hydrogen-bond acceptors (Lipinski definition) is 3. The van der Waals surface area contributed by atoms with E-state index in [1.807, 2.05) is 38.1 Å². The monoisotopic (exact) mass is 422 g/mol. The molecule has 0 radical (unpaired) electrons. The number of likely N-dealkylation sites (tertiary alicyclic amines) is 1. The number of piperidine rings is 1. The van der Waals surface area contributed by atoms with Gasteiger partial charge in [-0.25, -0.2) is 4.90 Å². The first-order chi connectivity index (χ1) is 14.3. The van der Waals surface area contributed by atoms with E-state index in [1.54, 1.807) is 18.2 Å². The molecule has 30 heavy (non-hydrogen) atoms. The van der Waals surface area contributed by atoms with Crippen molar-refractivity contribution >= 4 is 34.7 Å². The van der Waals surface area contributed by atoms with Crippen molar-refractivity contribution in [3.63, 3.8) is 0 Å². The summed E-state index contributed by atoms with van der Waals surface area (Å²) in [4.78, 5) is 30.8. The minimum Gasteiger partial charge on any atom is -0.366 e. The number of anilines is 1. The molecular formula is C25H27ClN2O2. The van der Waals surface area contributed by atoms with Crippen LogP contribution in [0.15, 0.2) is 48.2 Å². The normalized spacial score (nSPS) is 22.3. The molecule has 0 spiro atoms. The van der Waals surface area contributed by atoms with Crippen molar-refractivity contribution in [2.75, 3.05) is 18.0 Å². The van der Waals surface area contributed by atoms with Crippen LogP contribution >= 0.6 is 11.6 Å². The lowest BCUT2D eigenvalue weighted by Crippen LogP contribution is -2.42. The highest BCUT2D eigenvalue weighted by molar-refractivity contribution is 6.46. The number of hydrogen-bond donors (Lipinski definition) is 0. The van der Waals surface area contributed by atoms with E-state index in [1.165, 1.54) is 4.90 Å². The highest BCUT2D eigenvalue weighted by Crippen LogP contribution is 2.39. The maximum Gasteiger partial charge on any atom is 0.282 e. The summed E-state index contributed by atoms with van der Waals surface area (Å²) < 4.78 is 0. The van der Waals surface area contributed by atoms with Crippen molar-refractivity contribution < 1.29 is 9.59 Å². The SMILES string of the molecule is Cc1ccc(C2=C(N3CC(C)CC(C)C3)C(=O)N(c3cccc(Cl)c3C)C2=O)cc1. The first-order valence-corrected chi connectivity index (χ1v) is 10.9. The Morgan fingerprint density at radius 1 is 0.900 bits per heavy atom. The number of rotatable bonds is 3. The fraction of sp³-hybridized carbons (Fsp3) is 0.360. The number of nitrogens with zero attached hydrogens (tertiary/aromatic N) is 2. The Hall–Kier alpha value is -2.59. The van der Waals surface area contributed by atoms with Gasteiger partial charge in [0.25, 0.3) is 11.8 Å². The van der Waals surface area contributed by atoms with Gasteiger partial charge in [-0.1, -0.05) is 61.3 Å². The minimum absolute atomic E-state index is 0.262. The Morgan fingerprint density at radius 2 is 1.53 bits per heavy atom. The summed E-state index contributed by atoms with van der Waals surface area (Å²) in [6.07, 6.45) is 1.13. The Kier molecular flexibility index (Phi) is 5.46. The fourth-order valence-corrected chi connectivity index (χ4v) is 4.86. The van der Waals surface area contributed by atoms with Crippen molar-refractivity contribution in [2.24, 2.45) is 11.8 Å². The Bertz CT molecular complexity index is 1030. The maximum absolute atomic E-state index is 13.7. The summed E-state index contributed by atoms with van der Waals surface area (Å²) in [5, 5.41) is 0.540.